The minimum Gasteiger partial charge on any atom is -0.378 e. The van der Waals surface area contributed by atoms with Gasteiger partial charge in [-0.2, -0.15) is 0 Å². The lowest BCUT2D eigenvalue weighted by molar-refractivity contribution is -0.133. The van der Waals surface area contributed by atoms with Crippen LogP contribution in [-0.2, 0) is 9.53 Å². The van der Waals surface area contributed by atoms with Crippen molar-refractivity contribution in [2.75, 3.05) is 19.7 Å². The number of hydrogen-bond acceptors (Lipinski definition) is 4. The van der Waals surface area contributed by atoms with Gasteiger partial charge in [-0.3, -0.25) is 4.79 Å². The molecule has 0 unspecified atom stereocenters. The molecule has 4 nitrogen and oxygen atoms in total. The molecule has 5 heteroatoms. The molecule has 21 heavy (non-hydrogen) atoms. The molecule has 1 aromatic heterocycles. The van der Waals surface area contributed by atoms with E-state index in [-0.39, 0.29) is 0 Å². The largest absolute Gasteiger partial charge is 0.378 e. The van der Waals surface area contributed by atoms with Crippen LogP contribution in [0.25, 0.3) is 0 Å². The first-order valence-electron chi connectivity index (χ1n) is 8.04. The minimum absolute atomic E-state index is 0.295. The molecule has 0 radical (unpaired) electrons. The van der Waals surface area contributed by atoms with E-state index in [1.165, 1.54) is 5.01 Å². The van der Waals surface area contributed by atoms with Crippen LogP contribution in [0, 0.1) is 6.92 Å². The molecule has 2 atom stereocenters. The number of carbonyl (C=O) groups is 1. The molecule has 0 N–H and O–H groups in total. The summed E-state index contributed by atoms with van der Waals surface area (Å²) < 4.78 is 5.60. The van der Waals surface area contributed by atoms with Crippen LogP contribution in [-0.4, -0.2) is 41.6 Å². The number of aryl methyl sites for hydroxylation is 1. The SMILES string of the molecule is Cc1csc([C@@H]2CCCN(C(=O)CC[C@H]3CCCO3)C2)n1. The number of rotatable bonds is 4. The van der Waals surface area contributed by atoms with Gasteiger partial charge in [0, 0.05) is 43.1 Å². The molecule has 3 rings (SSSR count). The molecule has 3 heterocycles. The second-order valence-corrected chi connectivity index (χ2v) is 7.07. The average molecular weight is 308 g/mol. The smallest absolute Gasteiger partial charge is 0.222 e. The maximum atomic E-state index is 12.4. The van der Waals surface area contributed by atoms with Crippen LogP contribution in [0.15, 0.2) is 5.38 Å². The Morgan fingerprint density at radius 2 is 2.38 bits per heavy atom. The molecule has 0 aliphatic carbocycles. The van der Waals surface area contributed by atoms with Gasteiger partial charge in [0.1, 0.15) is 0 Å². The third kappa shape index (κ3) is 3.83. The Labute approximate surface area is 130 Å². The second-order valence-electron chi connectivity index (χ2n) is 6.18. The van der Waals surface area contributed by atoms with Crippen LogP contribution in [0.5, 0.6) is 0 Å². The fraction of sp³-hybridized carbons (Fsp3) is 0.750. The number of hydrogen-bond donors (Lipinski definition) is 0. The fourth-order valence-corrected chi connectivity index (χ4v) is 4.21. The summed E-state index contributed by atoms with van der Waals surface area (Å²) in [5, 5.41) is 3.30. The number of piperidine rings is 1. The van der Waals surface area contributed by atoms with Crippen molar-refractivity contribution < 1.29 is 9.53 Å². The summed E-state index contributed by atoms with van der Waals surface area (Å²) in [5.74, 6) is 0.729. The number of aromatic nitrogens is 1. The third-order valence-corrected chi connectivity index (χ3v) is 5.59. The van der Waals surface area contributed by atoms with Crippen LogP contribution < -0.4 is 0 Å². The van der Waals surface area contributed by atoms with Crippen molar-refractivity contribution in [1.82, 2.24) is 9.88 Å². The molecule has 1 aromatic rings. The lowest BCUT2D eigenvalue weighted by atomic mass is 9.98. The maximum absolute atomic E-state index is 12.4. The highest BCUT2D eigenvalue weighted by Gasteiger charge is 2.27. The lowest BCUT2D eigenvalue weighted by Crippen LogP contribution is -2.39. The van der Waals surface area contributed by atoms with Crippen molar-refractivity contribution in [2.24, 2.45) is 0 Å². The van der Waals surface area contributed by atoms with Gasteiger partial charge in [-0.25, -0.2) is 4.98 Å². The van der Waals surface area contributed by atoms with Gasteiger partial charge in [-0.05, 0) is 39.0 Å². The van der Waals surface area contributed by atoms with Gasteiger partial charge in [-0.15, -0.1) is 11.3 Å². The van der Waals surface area contributed by atoms with Crippen LogP contribution in [0.3, 0.4) is 0 Å². The van der Waals surface area contributed by atoms with E-state index in [4.69, 9.17) is 4.74 Å². The van der Waals surface area contributed by atoms with Gasteiger partial charge in [0.15, 0.2) is 0 Å². The Hall–Kier alpha value is -0.940. The molecule has 0 saturated carbocycles. The van der Waals surface area contributed by atoms with Crippen LogP contribution >= 0.6 is 11.3 Å². The first-order chi connectivity index (χ1) is 10.2. The van der Waals surface area contributed by atoms with E-state index >= 15 is 0 Å². The fourth-order valence-electron chi connectivity index (χ4n) is 3.28. The Morgan fingerprint density at radius 3 is 3.10 bits per heavy atom. The summed E-state index contributed by atoms with van der Waals surface area (Å²) in [5.41, 5.74) is 1.09. The molecule has 2 aliphatic rings. The Balaban J connectivity index is 1.51. The molecule has 0 spiro atoms. The van der Waals surface area contributed by atoms with Crippen LogP contribution in [0.1, 0.15) is 55.1 Å². The highest BCUT2D eigenvalue weighted by Crippen LogP contribution is 2.29. The molecular weight excluding hydrogens is 284 g/mol. The molecule has 1 amide bonds. The molecule has 2 aliphatic heterocycles. The van der Waals surface area contributed by atoms with E-state index < -0.39 is 0 Å². The number of nitrogens with zero attached hydrogens (tertiary/aromatic N) is 2. The first kappa shape index (κ1) is 15.0. The number of carbonyl (C=O) groups excluding carboxylic acids is 1. The van der Waals surface area contributed by atoms with Gasteiger partial charge in [-0.1, -0.05) is 0 Å². The third-order valence-electron chi connectivity index (χ3n) is 4.46. The minimum atomic E-state index is 0.295. The highest BCUT2D eigenvalue weighted by molar-refractivity contribution is 7.09. The van der Waals surface area contributed by atoms with Gasteiger partial charge in [0.05, 0.1) is 11.1 Å². The number of thiazole rings is 1. The van der Waals surface area contributed by atoms with E-state index in [9.17, 15) is 4.79 Å². The molecule has 0 bridgehead atoms. The van der Waals surface area contributed by atoms with E-state index in [1.54, 1.807) is 11.3 Å². The van der Waals surface area contributed by atoms with Crippen molar-refractivity contribution >= 4 is 17.2 Å². The quantitative estimate of drug-likeness (QED) is 0.858. The van der Waals surface area contributed by atoms with E-state index in [1.807, 2.05) is 11.8 Å². The van der Waals surface area contributed by atoms with E-state index in [0.29, 0.717) is 24.3 Å². The van der Waals surface area contributed by atoms with Crippen molar-refractivity contribution in [2.45, 2.75) is 57.5 Å². The summed E-state index contributed by atoms with van der Waals surface area (Å²) >= 11 is 1.73. The average Bonchev–Trinajstić information content (AvgIpc) is 3.16. The van der Waals surface area contributed by atoms with E-state index in [2.05, 4.69) is 10.4 Å². The number of ether oxygens (including phenoxy) is 1. The van der Waals surface area contributed by atoms with Crippen molar-refractivity contribution in [3.05, 3.63) is 16.1 Å². The zero-order valence-corrected chi connectivity index (χ0v) is 13.5. The Morgan fingerprint density at radius 1 is 1.48 bits per heavy atom. The molecule has 0 aromatic carbocycles. The van der Waals surface area contributed by atoms with Gasteiger partial charge < -0.3 is 9.64 Å². The summed E-state index contributed by atoms with van der Waals surface area (Å²) in [4.78, 5) is 19.0. The van der Waals surface area contributed by atoms with Crippen molar-refractivity contribution in [3.63, 3.8) is 0 Å². The molecule has 2 fully saturated rings. The number of amides is 1. The Bertz CT molecular complexity index is 482. The van der Waals surface area contributed by atoms with E-state index in [0.717, 1.165) is 57.5 Å². The lowest BCUT2D eigenvalue weighted by Gasteiger charge is -2.32. The predicted molar refractivity (Wildman–Crippen MR) is 83.6 cm³/mol. The van der Waals surface area contributed by atoms with Crippen LogP contribution in [0.4, 0.5) is 0 Å². The maximum Gasteiger partial charge on any atom is 0.222 e. The van der Waals surface area contributed by atoms with Crippen molar-refractivity contribution in [3.8, 4) is 0 Å². The van der Waals surface area contributed by atoms with Crippen LogP contribution in [0.2, 0.25) is 0 Å². The van der Waals surface area contributed by atoms with Crippen molar-refractivity contribution in [1.29, 1.82) is 0 Å². The summed E-state index contributed by atoms with van der Waals surface area (Å²) in [7, 11) is 0. The monoisotopic (exact) mass is 308 g/mol. The summed E-state index contributed by atoms with van der Waals surface area (Å²) in [6.45, 7) is 4.66. The summed E-state index contributed by atoms with van der Waals surface area (Å²) in [6.07, 6.45) is 6.35. The number of likely N-dealkylation sites (tertiary alicyclic amines) is 1. The highest BCUT2D eigenvalue weighted by atomic mass is 32.1. The molecular formula is C16H24N2O2S. The standard InChI is InChI=1S/C16H24N2O2S/c1-12-11-21-16(17-12)13-4-2-8-18(10-13)15(19)7-6-14-5-3-9-20-14/h11,13-14H,2-10H2,1H3/t13-,14-/m1/s1. The van der Waals surface area contributed by atoms with Gasteiger partial charge in [0.2, 0.25) is 5.91 Å². The molecule has 116 valence electrons. The molecule has 2 saturated heterocycles. The summed E-state index contributed by atoms with van der Waals surface area (Å²) in [6, 6.07) is 0. The Kier molecular flexibility index (Phi) is 4.91. The van der Waals surface area contributed by atoms with Gasteiger partial charge in [0.25, 0.3) is 0 Å². The predicted octanol–water partition coefficient (Wildman–Crippen LogP) is 3.12. The second kappa shape index (κ2) is 6.88. The zero-order valence-electron chi connectivity index (χ0n) is 12.7. The van der Waals surface area contributed by atoms with Gasteiger partial charge >= 0.3 is 0 Å². The zero-order chi connectivity index (χ0) is 14.7. The normalized spacial score (nSPS) is 26.2. The topological polar surface area (TPSA) is 42.4 Å². The first-order valence-corrected chi connectivity index (χ1v) is 8.92.